The number of nitro benzene ring substituents is 2. The van der Waals surface area contributed by atoms with Crippen molar-refractivity contribution in [2.45, 2.75) is 38.0 Å². The van der Waals surface area contributed by atoms with Gasteiger partial charge in [-0.2, -0.15) is 0 Å². The predicted octanol–water partition coefficient (Wildman–Crippen LogP) is 6.92. The number of nitro groups is 2. The van der Waals surface area contributed by atoms with E-state index >= 15 is 9.59 Å². The molecule has 13 heteroatoms. The van der Waals surface area contributed by atoms with Gasteiger partial charge < -0.3 is 10.0 Å². The molecule has 2 fully saturated rings. The lowest BCUT2D eigenvalue weighted by Crippen LogP contribution is -2.58. The summed E-state index contributed by atoms with van der Waals surface area (Å²) in [5.41, 5.74) is 0.534. The van der Waals surface area contributed by atoms with E-state index < -0.39 is 68.0 Å². The van der Waals surface area contributed by atoms with E-state index in [0.29, 0.717) is 33.4 Å². The number of carbonyl (C=O) groups excluding carboxylic acids is 4. The van der Waals surface area contributed by atoms with E-state index in [9.17, 15) is 34.9 Å². The number of Topliss-reactive ketones (excluding diaryl/α,β-unsaturated/α-hetero) is 1. The van der Waals surface area contributed by atoms with Crippen LogP contribution in [0.5, 0.6) is 5.75 Å². The number of hydrogen-bond donors (Lipinski definition) is 1. The zero-order chi connectivity index (χ0) is 40.7. The molecule has 1 saturated heterocycles. The third-order valence-electron chi connectivity index (χ3n) is 12.4. The minimum Gasteiger partial charge on any atom is -0.507 e. The molecule has 1 N–H and O–H groups in total. The van der Waals surface area contributed by atoms with E-state index in [1.54, 1.807) is 50.2 Å². The van der Waals surface area contributed by atoms with Crippen LogP contribution in [0.1, 0.15) is 46.6 Å². The third-order valence-corrected chi connectivity index (χ3v) is 12.4. The van der Waals surface area contributed by atoms with Crippen molar-refractivity contribution in [3.8, 4) is 5.75 Å². The Hall–Kier alpha value is -6.76. The van der Waals surface area contributed by atoms with Gasteiger partial charge in [-0.3, -0.25) is 39.4 Å². The van der Waals surface area contributed by atoms with Crippen LogP contribution in [0, 0.1) is 57.7 Å². The van der Waals surface area contributed by atoms with Crippen LogP contribution in [0.15, 0.2) is 103 Å². The van der Waals surface area contributed by atoms with Crippen molar-refractivity contribution < 1.29 is 34.1 Å². The van der Waals surface area contributed by atoms with Gasteiger partial charge in [0.2, 0.25) is 11.8 Å². The Labute approximate surface area is 327 Å². The maximum atomic E-state index is 15.3. The van der Waals surface area contributed by atoms with Crippen LogP contribution in [0.3, 0.4) is 0 Å². The molecule has 6 atom stereocenters. The predicted molar refractivity (Wildman–Crippen MR) is 211 cm³/mol. The van der Waals surface area contributed by atoms with Gasteiger partial charge in [0.05, 0.1) is 32.8 Å². The molecule has 0 spiro atoms. The van der Waals surface area contributed by atoms with Gasteiger partial charge in [-0.15, -0.1) is 0 Å². The number of allylic oxidation sites excluding steroid dienone is 4. The fourth-order valence-electron chi connectivity index (χ4n) is 10.1. The van der Waals surface area contributed by atoms with E-state index in [0.717, 1.165) is 17.0 Å². The molecule has 13 nitrogen and oxygen atoms in total. The number of anilines is 2. The van der Waals surface area contributed by atoms with Crippen molar-refractivity contribution in [1.82, 2.24) is 0 Å². The standard InChI is InChI=1S/C44H38N4O9/c1-23-17-26(18-24(2)40(23)50)38-29-15-16-30-37(43(53)46(42(30)52)28-19-34(47(54)55)39(45(3)4)35(20-28)48(56)57)32(29)21-33-41(51)31(25-11-7-5-8-12-25)22-36(49)44(33,38)27-13-9-6-10-14-27/h5-15,17-20,22,30,32-33,37-38,50H,16,21H2,1-4H3. The average Bonchev–Trinajstić information content (AvgIpc) is 3.45. The minimum absolute atomic E-state index is 0.0237. The third kappa shape index (κ3) is 5.43. The molecule has 4 aromatic rings. The van der Waals surface area contributed by atoms with E-state index in [1.165, 1.54) is 25.1 Å². The second-order valence-electron chi connectivity index (χ2n) is 15.5. The number of hydrogen-bond acceptors (Lipinski definition) is 10. The fraction of sp³-hybridized carbons (Fsp3) is 0.273. The number of aromatic hydroxyl groups is 1. The Kier molecular flexibility index (Phi) is 8.78. The maximum Gasteiger partial charge on any atom is 0.301 e. The lowest BCUT2D eigenvalue weighted by molar-refractivity contribution is -0.392. The number of aryl methyl sites for hydroxylation is 2. The van der Waals surface area contributed by atoms with Crippen LogP contribution >= 0.6 is 0 Å². The van der Waals surface area contributed by atoms with Gasteiger partial charge in [0, 0.05) is 43.6 Å². The summed E-state index contributed by atoms with van der Waals surface area (Å²) in [4.78, 5) is 84.6. The summed E-state index contributed by atoms with van der Waals surface area (Å²) in [5, 5.41) is 35.4. The molecule has 8 rings (SSSR count). The number of benzene rings is 4. The van der Waals surface area contributed by atoms with Gasteiger partial charge in [0.15, 0.2) is 17.3 Å². The molecule has 1 aliphatic heterocycles. The van der Waals surface area contributed by atoms with Crippen molar-refractivity contribution in [3.63, 3.8) is 0 Å². The number of ketones is 2. The SMILES string of the molecule is Cc1cc(C2C3=CCC4C(=O)N(c5cc([N+](=O)[O-])c(N(C)C)c([N+](=O)[O-])c5)C(=O)C4C3CC3C(=O)C(c4ccccc4)=CC(=O)C32c2ccccc2)cc(C)c1O. The highest BCUT2D eigenvalue weighted by Crippen LogP contribution is 2.64. The molecule has 0 bridgehead atoms. The van der Waals surface area contributed by atoms with Gasteiger partial charge in [0.1, 0.15) is 5.75 Å². The van der Waals surface area contributed by atoms with Gasteiger partial charge in [-0.1, -0.05) is 84.4 Å². The normalized spacial score (nSPS) is 25.3. The molecule has 1 saturated carbocycles. The fourth-order valence-corrected chi connectivity index (χ4v) is 10.1. The Balaban J connectivity index is 1.35. The molecule has 6 unspecified atom stereocenters. The Morgan fingerprint density at radius 2 is 1.39 bits per heavy atom. The van der Waals surface area contributed by atoms with E-state index in [4.69, 9.17) is 0 Å². The van der Waals surface area contributed by atoms with Crippen LogP contribution in [0.25, 0.3) is 5.57 Å². The molecule has 1 heterocycles. The Bertz CT molecular complexity index is 2450. The molecule has 288 valence electrons. The maximum absolute atomic E-state index is 15.3. The molecule has 2 amide bonds. The van der Waals surface area contributed by atoms with Crippen molar-refractivity contribution in [2.24, 2.45) is 23.7 Å². The molecule has 3 aliphatic carbocycles. The topological polar surface area (TPSA) is 181 Å². The number of imide groups is 1. The summed E-state index contributed by atoms with van der Waals surface area (Å²) in [5.74, 6) is -6.41. The monoisotopic (exact) mass is 766 g/mol. The van der Waals surface area contributed by atoms with Crippen LogP contribution in [0.2, 0.25) is 0 Å². The number of fused-ring (bicyclic) bond motifs is 4. The number of carbonyl (C=O) groups is 4. The molecule has 4 aliphatic rings. The highest BCUT2D eigenvalue weighted by Gasteiger charge is 2.66. The Morgan fingerprint density at radius 1 is 0.807 bits per heavy atom. The number of phenols is 1. The van der Waals surface area contributed by atoms with Gasteiger partial charge in [-0.25, -0.2) is 4.90 Å². The first kappa shape index (κ1) is 37.2. The lowest BCUT2D eigenvalue weighted by atomic mass is 9.44. The van der Waals surface area contributed by atoms with Crippen molar-refractivity contribution in [1.29, 1.82) is 0 Å². The van der Waals surface area contributed by atoms with Crippen LogP contribution < -0.4 is 9.80 Å². The van der Waals surface area contributed by atoms with Crippen molar-refractivity contribution >= 4 is 51.7 Å². The van der Waals surface area contributed by atoms with Crippen LogP contribution in [0.4, 0.5) is 22.7 Å². The van der Waals surface area contributed by atoms with Gasteiger partial charge in [-0.05, 0) is 66.5 Å². The smallest absolute Gasteiger partial charge is 0.301 e. The number of phenolic OH excluding ortho intramolecular Hbond substituents is 1. The van der Waals surface area contributed by atoms with Crippen LogP contribution in [-0.4, -0.2) is 52.4 Å². The van der Waals surface area contributed by atoms with E-state index in [-0.39, 0.29) is 47.1 Å². The second kappa shape index (κ2) is 13.5. The average molecular weight is 767 g/mol. The number of amides is 2. The summed E-state index contributed by atoms with van der Waals surface area (Å²) in [6.45, 7) is 3.50. The molecule has 57 heavy (non-hydrogen) atoms. The summed E-state index contributed by atoms with van der Waals surface area (Å²) in [6, 6.07) is 23.6. The first-order chi connectivity index (χ1) is 27.2. The molecule has 0 radical (unpaired) electrons. The molecular formula is C44H38N4O9. The van der Waals surface area contributed by atoms with E-state index in [1.807, 2.05) is 42.5 Å². The van der Waals surface area contributed by atoms with E-state index in [2.05, 4.69) is 0 Å². The highest BCUT2D eigenvalue weighted by atomic mass is 16.6. The van der Waals surface area contributed by atoms with Gasteiger partial charge >= 0.3 is 11.4 Å². The summed E-state index contributed by atoms with van der Waals surface area (Å²) < 4.78 is 0. The minimum atomic E-state index is -1.48. The molecule has 4 aromatic carbocycles. The quantitative estimate of drug-likeness (QED) is 0.0898. The molecule has 0 aromatic heterocycles. The number of rotatable bonds is 7. The highest BCUT2D eigenvalue weighted by molar-refractivity contribution is 6.32. The number of nitrogens with zero attached hydrogens (tertiary/aromatic N) is 4. The first-order valence-corrected chi connectivity index (χ1v) is 18.6. The largest absolute Gasteiger partial charge is 0.507 e. The lowest BCUT2D eigenvalue weighted by Gasteiger charge is -2.55. The first-order valence-electron chi connectivity index (χ1n) is 18.6. The Morgan fingerprint density at radius 3 is 1.95 bits per heavy atom. The molecular weight excluding hydrogens is 729 g/mol. The second-order valence-corrected chi connectivity index (χ2v) is 15.5. The van der Waals surface area contributed by atoms with Gasteiger partial charge in [0.25, 0.3) is 0 Å². The summed E-state index contributed by atoms with van der Waals surface area (Å²) >= 11 is 0. The zero-order valence-electron chi connectivity index (χ0n) is 31.5. The summed E-state index contributed by atoms with van der Waals surface area (Å²) in [7, 11) is 2.84. The van der Waals surface area contributed by atoms with Crippen molar-refractivity contribution in [3.05, 3.63) is 151 Å². The van der Waals surface area contributed by atoms with Crippen molar-refractivity contribution in [2.75, 3.05) is 23.9 Å². The summed E-state index contributed by atoms with van der Waals surface area (Å²) in [6.07, 6.45) is 3.42. The zero-order valence-corrected chi connectivity index (χ0v) is 31.5. The van der Waals surface area contributed by atoms with Crippen LogP contribution in [-0.2, 0) is 24.6 Å².